The van der Waals surface area contributed by atoms with Crippen LogP contribution in [0.2, 0.25) is 0 Å². The molecule has 0 amide bonds. The van der Waals surface area contributed by atoms with Crippen molar-refractivity contribution in [2.75, 3.05) is 7.11 Å². The number of hydrogen-bond donors (Lipinski definition) is 0. The Hall–Kier alpha value is -5.02. The van der Waals surface area contributed by atoms with E-state index in [0.717, 1.165) is 41.0 Å². The Bertz CT molecular complexity index is 2120. The lowest BCUT2D eigenvalue weighted by Gasteiger charge is -2.31. The van der Waals surface area contributed by atoms with E-state index < -0.39 is 4.92 Å². The first-order valence-corrected chi connectivity index (χ1v) is 14.4. The van der Waals surface area contributed by atoms with Crippen molar-refractivity contribution < 1.29 is 14.1 Å². The molecule has 42 heavy (non-hydrogen) atoms. The fourth-order valence-corrected chi connectivity index (χ4v) is 6.79. The second-order valence-electron chi connectivity index (χ2n) is 10.4. The van der Waals surface area contributed by atoms with Crippen LogP contribution >= 0.6 is 11.3 Å². The van der Waals surface area contributed by atoms with Crippen LogP contribution in [-0.2, 0) is 6.42 Å². The number of fused-ring (bicyclic) bond motifs is 3. The number of ether oxygens (including phenoxy) is 1. The maximum atomic E-state index is 14.0. The van der Waals surface area contributed by atoms with Crippen LogP contribution in [0.5, 0.6) is 5.75 Å². The number of benzene rings is 3. The lowest BCUT2D eigenvalue weighted by Crippen LogP contribution is -2.38. The van der Waals surface area contributed by atoms with Crippen LogP contribution in [0, 0.1) is 17.0 Å². The summed E-state index contributed by atoms with van der Waals surface area (Å²) in [5.74, 6) is 1.69. The van der Waals surface area contributed by atoms with Gasteiger partial charge in [0, 0.05) is 28.8 Å². The number of nitro benzene ring substituents is 1. The first-order valence-electron chi connectivity index (χ1n) is 13.5. The molecule has 5 aromatic rings. The maximum Gasteiger partial charge on any atom is 0.273 e. The fraction of sp³-hybridized carbons (Fsp3) is 0.152. The first kappa shape index (κ1) is 25.9. The average molecular weight is 576 g/mol. The van der Waals surface area contributed by atoms with E-state index in [1.165, 1.54) is 23.0 Å². The molecule has 0 saturated carbocycles. The zero-order valence-electron chi connectivity index (χ0n) is 22.9. The summed E-state index contributed by atoms with van der Waals surface area (Å²) in [5.41, 5.74) is 6.41. The van der Waals surface area contributed by atoms with Gasteiger partial charge in [0.25, 0.3) is 11.2 Å². The van der Waals surface area contributed by atoms with Gasteiger partial charge in [-0.25, -0.2) is 4.99 Å². The lowest BCUT2D eigenvalue weighted by molar-refractivity contribution is -0.385. The van der Waals surface area contributed by atoms with Crippen LogP contribution in [0.3, 0.4) is 0 Å². The topological polar surface area (TPSA) is 99.9 Å². The second-order valence-corrected chi connectivity index (χ2v) is 11.4. The summed E-state index contributed by atoms with van der Waals surface area (Å²) in [6.07, 6.45) is 3.39. The first-order chi connectivity index (χ1) is 20.4. The molecule has 0 N–H and O–H groups in total. The normalized spacial score (nSPS) is 16.0. The second kappa shape index (κ2) is 10.1. The van der Waals surface area contributed by atoms with Crippen molar-refractivity contribution in [1.82, 2.24) is 4.57 Å². The molecule has 1 atom stereocenters. The van der Waals surface area contributed by atoms with Gasteiger partial charge < -0.3 is 9.15 Å². The minimum absolute atomic E-state index is 0.0295. The molecule has 3 heterocycles. The fourth-order valence-electron chi connectivity index (χ4n) is 5.81. The van der Waals surface area contributed by atoms with E-state index in [2.05, 4.69) is 12.1 Å². The summed E-state index contributed by atoms with van der Waals surface area (Å²) in [7, 11) is 1.64. The number of nitro groups is 1. The van der Waals surface area contributed by atoms with Crippen molar-refractivity contribution >= 4 is 28.8 Å². The smallest absolute Gasteiger partial charge is 0.273 e. The molecule has 0 spiro atoms. The summed E-state index contributed by atoms with van der Waals surface area (Å²) >= 11 is 1.32. The Kier molecular flexibility index (Phi) is 6.24. The van der Waals surface area contributed by atoms with Crippen LogP contribution in [0.15, 0.2) is 98.6 Å². The molecule has 7 rings (SSSR count). The Morgan fingerprint density at radius 3 is 2.76 bits per heavy atom. The lowest BCUT2D eigenvalue weighted by atomic mass is 9.83. The third-order valence-corrected chi connectivity index (χ3v) is 8.86. The molecule has 3 aromatic carbocycles. The number of aromatic nitrogens is 1. The van der Waals surface area contributed by atoms with E-state index in [1.54, 1.807) is 48.9 Å². The minimum Gasteiger partial charge on any atom is -0.497 e. The van der Waals surface area contributed by atoms with Gasteiger partial charge in [0.1, 0.15) is 17.3 Å². The quantitative estimate of drug-likeness (QED) is 0.195. The van der Waals surface area contributed by atoms with Gasteiger partial charge in [-0.1, -0.05) is 59.9 Å². The van der Waals surface area contributed by atoms with E-state index in [1.807, 2.05) is 36.4 Å². The van der Waals surface area contributed by atoms with Crippen LogP contribution in [-0.4, -0.2) is 16.6 Å². The summed E-state index contributed by atoms with van der Waals surface area (Å²) in [6.45, 7) is 1.70. The molecule has 0 bridgehead atoms. The zero-order chi connectivity index (χ0) is 29.0. The van der Waals surface area contributed by atoms with Crippen LogP contribution in [0.25, 0.3) is 23.1 Å². The van der Waals surface area contributed by atoms with Gasteiger partial charge in [-0.3, -0.25) is 19.5 Å². The molecule has 2 aromatic heterocycles. The van der Waals surface area contributed by atoms with E-state index >= 15 is 0 Å². The zero-order valence-corrected chi connectivity index (χ0v) is 23.7. The number of furan rings is 1. The molecular weight excluding hydrogens is 550 g/mol. The number of methoxy groups -OCH3 is 1. The van der Waals surface area contributed by atoms with Crippen molar-refractivity contribution in [3.63, 3.8) is 0 Å². The molecule has 2 aliphatic rings. The van der Waals surface area contributed by atoms with Gasteiger partial charge >= 0.3 is 0 Å². The molecule has 0 unspecified atom stereocenters. The molecule has 0 saturated heterocycles. The van der Waals surface area contributed by atoms with Crippen molar-refractivity contribution in [3.05, 3.63) is 142 Å². The molecule has 1 aliphatic carbocycles. The number of hydrogen-bond acceptors (Lipinski definition) is 7. The Morgan fingerprint density at radius 1 is 1.07 bits per heavy atom. The third-order valence-electron chi connectivity index (χ3n) is 7.87. The van der Waals surface area contributed by atoms with E-state index in [0.29, 0.717) is 32.0 Å². The molecule has 1 aliphatic heterocycles. The van der Waals surface area contributed by atoms with Gasteiger partial charge in [0.15, 0.2) is 4.80 Å². The van der Waals surface area contributed by atoms with Crippen LogP contribution < -0.4 is 19.6 Å². The van der Waals surface area contributed by atoms with Gasteiger partial charge in [0.2, 0.25) is 0 Å². The highest BCUT2D eigenvalue weighted by molar-refractivity contribution is 7.07. The highest BCUT2D eigenvalue weighted by Crippen LogP contribution is 2.41. The van der Waals surface area contributed by atoms with Gasteiger partial charge in [-0.05, 0) is 60.7 Å². The van der Waals surface area contributed by atoms with Crippen LogP contribution in [0.1, 0.15) is 40.5 Å². The molecule has 9 heteroatoms. The molecular formula is C33H25N3O5S. The summed E-state index contributed by atoms with van der Waals surface area (Å²) in [5, 5.41) is 11.4. The standard InChI is InChI=1S/C33H25N3O5S/c1-19-10-11-21(17-27(19)36(38)39)28-15-13-24(41-28)18-29-32(37)35-31(22-7-5-8-23(16-22)40-2)26-14-12-20-6-3-4-9-25(20)30(26)34-33(35)42-29/h3-11,13,15-18,31H,12,14H2,1-2H3/b29-18+/t31-/m1/s1. The van der Waals surface area contributed by atoms with Gasteiger partial charge in [-0.15, -0.1) is 0 Å². The average Bonchev–Trinajstić information content (AvgIpc) is 3.60. The predicted octanol–water partition coefficient (Wildman–Crippen LogP) is 5.80. The number of rotatable bonds is 5. The summed E-state index contributed by atoms with van der Waals surface area (Å²) in [6, 6.07) is 24.4. The van der Waals surface area contributed by atoms with Gasteiger partial charge in [0.05, 0.1) is 28.3 Å². The van der Waals surface area contributed by atoms with Crippen molar-refractivity contribution in [2.45, 2.75) is 25.8 Å². The maximum absolute atomic E-state index is 14.0. The van der Waals surface area contributed by atoms with Crippen molar-refractivity contribution in [1.29, 1.82) is 0 Å². The Morgan fingerprint density at radius 2 is 1.93 bits per heavy atom. The third kappa shape index (κ3) is 4.29. The minimum atomic E-state index is -0.403. The van der Waals surface area contributed by atoms with Crippen LogP contribution in [0.4, 0.5) is 5.69 Å². The SMILES string of the molecule is COc1cccc([C@@H]2C3=C(N=c4s/c(=C/c5ccc(-c6ccc(C)c([N+](=O)[O-])c6)o5)c(=O)n42)c2ccccc2CC3)c1. The predicted molar refractivity (Wildman–Crippen MR) is 161 cm³/mol. The van der Waals surface area contributed by atoms with Crippen molar-refractivity contribution in [2.24, 2.45) is 4.99 Å². The van der Waals surface area contributed by atoms with Crippen molar-refractivity contribution in [3.8, 4) is 17.1 Å². The summed E-state index contributed by atoms with van der Waals surface area (Å²) in [4.78, 5) is 30.7. The monoisotopic (exact) mass is 575 g/mol. The number of allylic oxidation sites excluding steroid dienone is 1. The molecule has 8 nitrogen and oxygen atoms in total. The molecule has 0 radical (unpaired) electrons. The van der Waals surface area contributed by atoms with E-state index in [4.69, 9.17) is 14.1 Å². The molecule has 208 valence electrons. The number of aryl methyl sites for hydroxylation is 2. The largest absolute Gasteiger partial charge is 0.497 e. The number of nitrogens with zero attached hydrogens (tertiary/aromatic N) is 3. The van der Waals surface area contributed by atoms with E-state index in [-0.39, 0.29) is 17.3 Å². The highest BCUT2D eigenvalue weighted by Gasteiger charge is 2.32. The molecule has 0 fully saturated rings. The van der Waals surface area contributed by atoms with E-state index in [9.17, 15) is 14.9 Å². The van der Waals surface area contributed by atoms with Gasteiger partial charge in [-0.2, -0.15) is 0 Å². The Balaban J connectivity index is 1.37. The highest BCUT2D eigenvalue weighted by atomic mass is 32.1. The Labute approximate surface area is 244 Å². The summed E-state index contributed by atoms with van der Waals surface area (Å²) < 4.78 is 13.8. The number of thiazole rings is 1.